The minimum atomic E-state index is -0.947. The average molecular weight is 385 g/mol. The predicted octanol–water partition coefficient (Wildman–Crippen LogP) is 3.42. The van der Waals surface area contributed by atoms with Crippen molar-refractivity contribution in [1.82, 2.24) is 0 Å². The molecule has 0 saturated carbocycles. The standard InChI is InChI=1S/C16H14Cl2N2O5/c1-3-24-16(23)11-7(2)25-15(12(11)13(19)21)20-14(22)9-5-4-8(17)6-10(9)18/h4-6H,3H2,1-2H3,(H2,19,21)(H,20,22). The van der Waals surface area contributed by atoms with Crippen molar-refractivity contribution in [2.75, 3.05) is 11.9 Å². The smallest absolute Gasteiger partial charge is 0.342 e. The first kappa shape index (κ1) is 18.8. The molecule has 7 nitrogen and oxygen atoms in total. The summed E-state index contributed by atoms with van der Waals surface area (Å²) in [5.74, 6) is -2.55. The summed E-state index contributed by atoms with van der Waals surface area (Å²) >= 11 is 11.8. The molecule has 0 radical (unpaired) electrons. The summed E-state index contributed by atoms with van der Waals surface area (Å²) in [7, 11) is 0. The largest absolute Gasteiger partial charge is 0.462 e. The number of benzene rings is 1. The zero-order valence-corrected chi connectivity index (χ0v) is 14.8. The van der Waals surface area contributed by atoms with E-state index < -0.39 is 17.8 Å². The van der Waals surface area contributed by atoms with Gasteiger partial charge in [0.1, 0.15) is 16.9 Å². The maximum atomic E-state index is 12.4. The molecule has 0 fully saturated rings. The SMILES string of the molecule is CCOC(=O)c1c(C)oc(NC(=O)c2ccc(Cl)cc2Cl)c1C(N)=O. The molecule has 0 aliphatic heterocycles. The fourth-order valence-corrected chi connectivity index (χ4v) is 2.66. The average Bonchev–Trinajstić information content (AvgIpc) is 2.83. The molecule has 0 saturated heterocycles. The van der Waals surface area contributed by atoms with Crippen LogP contribution in [0.25, 0.3) is 0 Å². The van der Waals surface area contributed by atoms with E-state index in [0.717, 1.165) is 0 Å². The molecule has 1 aromatic heterocycles. The Morgan fingerprint density at radius 2 is 1.92 bits per heavy atom. The van der Waals surface area contributed by atoms with Crippen molar-refractivity contribution < 1.29 is 23.5 Å². The van der Waals surface area contributed by atoms with E-state index in [9.17, 15) is 14.4 Å². The number of rotatable bonds is 5. The van der Waals surface area contributed by atoms with Crippen molar-refractivity contribution in [2.24, 2.45) is 5.73 Å². The van der Waals surface area contributed by atoms with Crippen LogP contribution in [0.5, 0.6) is 0 Å². The number of aryl methyl sites for hydroxylation is 1. The van der Waals surface area contributed by atoms with Gasteiger partial charge in [0.15, 0.2) is 0 Å². The van der Waals surface area contributed by atoms with E-state index in [4.69, 9.17) is 38.1 Å². The van der Waals surface area contributed by atoms with E-state index in [1.165, 1.54) is 25.1 Å². The minimum absolute atomic E-state index is 0.0877. The van der Waals surface area contributed by atoms with Crippen molar-refractivity contribution in [3.05, 3.63) is 50.7 Å². The topological polar surface area (TPSA) is 112 Å². The normalized spacial score (nSPS) is 10.4. The van der Waals surface area contributed by atoms with Crippen LogP contribution in [-0.4, -0.2) is 24.4 Å². The second kappa shape index (κ2) is 7.58. The Morgan fingerprint density at radius 1 is 1.24 bits per heavy atom. The Labute approximate surface area is 153 Å². The van der Waals surface area contributed by atoms with Gasteiger partial charge in [0, 0.05) is 5.02 Å². The molecular weight excluding hydrogens is 371 g/mol. The van der Waals surface area contributed by atoms with Crippen LogP contribution in [0.3, 0.4) is 0 Å². The number of amides is 2. The van der Waals surface area contributed by atoms with Gasteiger partial charge in [0.05, 0.1) is 17.2 Å². The molecule has 3 N–H and O–H groups in total. The first-order valence-electron chi connectivity index (χ1n) is 7.13. The van der Waals surface area contributed by atoms with Gasteiger partial charge in [-0.15, -0.1) is 0 Å². The Kier molecular flexibility index (Phi) is 5.71. The van der Waals surface area contributed by atoms with Crippen molar-refractivity contribution >= 4 is 46.9 Å². The van der Waals surface area contributed by atoms with Crippen molar-refractivity contribution in [2.45, 2.75) is 13.8 Å². The zero-order valence-electron chi connectivity index (χ0n) is 13.3. The molecule has 132 valence electrons. The number of carbonyl (C=O) groups is 3. The lowest BCUT2D eigenvalue weighted by Crippen LogP contribution is -2.20. The molecule has 0 atom stereocenters. The summed E-state index contributed by atoms with van der Waals surface area (Å²) in [4.78, 5) is 36.1. The van der Waals surface area contributed by atoms with Crippen molar-refractivity contribution in [1.29, 1.82) is 0 Å². The van der Waals surface area contributed by atoms with Gasteiger partial charge >= 0.3 is 5.97 Å². The Balaban J connectivity index is 2.42. The van der Waals surface area contributed by atoms with Gasteiger partial charge in [-0.05, 0) is 32.0 Å². The molecule has 0 bridgehead atoms. The number of nitrogens with one attached hydrogen (secondary N) is 1. The van der Waals surface area contributed by atoms with Crippen molar-refractivity contribution in [3.63, 3.8) is 0 Å². The quantitative estimate of drug-likeness (QED) is 0.766. The number of anilines is 1. The molecule has 0 unspecified atom stereocenters. The summed E-state index contributed by atoms with van der Waals surface area (Å²) in [5, 5.41) is 2.85. The number of hydrogen-bond acceptors (Lipinski definition) is 5. The van der Waals surface area contributed by atoms with Gasteiger partial charge in [-0.25, -0.2) is 4.79 Å². The maximum Gasteiger partial charge on any atom is 0.342 e. The highest BCUT2D eigenvalue weighted by molar-refractivity contribution is 6.37. The third kappa shape index (κ3) is 3.94. The third-order valence-electron chi connectivity index (χ3n) is 3.21. The highest BCUT2D eigenvalue weighted by atomic mass is 35.5. The number of ether oxygens (including phenoxy) is 1. The Hall–Kier alpha value is -2.51. The number of halogens is 2. The molecular formula is C16H14Cl2N2O5. The van der Waals surface area contributed by atoms with E-state index in [0.29, 0.717) is 5.02 Å². The lowest BCUT2D eigenvalue weighted by molar-refractivity contribution is 0.0521. The molecule has 1 heterocycles. The zero-order chi connectivity index (χ0) is 18.7. The maximum absolute atomic E-state index is 12.4. The molecule has 2 amide bonds. The molecule has 9 heteroatoms. The van der Waals surface area contributed by atoms with E-state index in [2.05, 4.69) is 5.32 Å². The fraction of sp³-hybridized carbons (Fsp3) is 0.188. The monoisotopic (exact) mass is 384 g/mol. The number of carbonyl (C=O) groups excluding carboxylic acids is 3. The van der Waals surface area contributed by atoms with Gasteiger partial charge in [-0.3, -0.25) is 14.9 Å². The molecule has 1 aromatic carbocycles. The third-order valence-corrected chi connectivity index (χ3v) is 3.76. The van der Waals surface area contributed by atoms with Crippen LogP contribution in [0.4, 0.5) is 5.88 Å². The summed E-state index contributed by atoms with van der Waals surface area (Å²) in [6, 6.07) is 4.28. The second-order valence-electron chi connectivity index (χ2n) is 4.90. The van der Waals surface area contributed by atoms with Gasteiger partial charge < -0.3 is 14.9 Å². The highest BCUT2D eigenvalue weighted by Gasteiger charge is 2.29. The van der Waals surface area contributed by atoms with Gasteiger partial charge in [0.2, 0.25) is 5.88 Å². The molecule has 0 spiro atoms. The molecule has 25 heavy (non-hydrogen) atoms. The molecule has 2 aromatic rings. The van der Waals surface area contributed by atoms with Crippen LogP contribution in [-0.2, 0) is 4.74 Å². The summed E-state index contributed by atoms with van der Waals surface area (Å²) < 4.78 is 10.2. The van der Waals surface area contributed by atoms with Crippen LogP contribution in [0.2, 0.25) is 10.0 Å². The lowest BCUT2D eigenvalue weighted by atomic mass is 10.1. The van der Waals surface area contributed by atoms with Crippen LogP contribution < -0.4 is 11.1 Å². The van der Waals surface area contributed by atoms with Gasteiger partial charge in [0.25, 0.3) is 11.8 Å². The number of hydrogen-bond donors (Lipinski definition) is 2. The van der Waals surface area contributed by atoms with Crippen LogP contribution in [0.15, 0.2) is 22.6 Å². The van der Waals surface area contributed by atoms with E-state index in [1.807, 2.05) is 0 Å². The van der Waals surface area contributed by atoms with E-state index >= 15 is 0 Å². The highest BCUT2D eigenvalue weighted by Crippen LogP contribution is 2.29. The molecule has 0 aliphatic carbocycles. The number of furan rings is 1. The minimum Gasteiger partial charge on any atom is -0.462 e. The van der Waals surface area contributed by atoms with E-state index in [1.54, 1.807) is 6.92 Å². The summed E-state index contributed by atoms with van der Waals surface area (Å²) in [5.41, 5.74) is 5.03. The van der Waals surface area contributed by atoms with Gasteiger partial charge in [-0.1, -0.05) is 23.2 Å². The number of esters is 1. The van der Waals surface area contributed by atoms with Crippen molar-refractivity contribution in [3.8, 4) is 0 Å². The van der Waals surface area contributed by atoms with Gasteiger partial charge in [-0.2, -0.15) is 0 Å². The lowest BCUT2D eigenvalue weighted by Gasteiger charge is -2.06. The summed E-state index contributed by atoms with van der Waals surface area (Å²) in [6.07, 6.45) is 0. The predicted molar refractivity (Wildman–Crippen MR) is 92.3 cm³/mol. The van der Waals surface area contributed by atoms with E-state index in [-0.39, 0.29) is 40.0 Å². The summed E-state index contributed by atoms with van der Waals surface area (Å²) in [6.45, 7) is 3.16. The Bertz CT molecular complexity index is 860. The second-order valence-corrected chi connectivity index (χ2v) is 5.74. The first-order valence-corrected chi connectivity index (χ1v) is 7.88. The van der Waals surface area contributed by atoms with Crippen LogP contribution >= 0.6 is 23.2 Å². The molecule has 2 rings (SSSR count). The first-order chi connectivity index (χ1) is 11.8. The number of nitrogens with two attached hydrogens (primary N) is 1. The molecule has 0 aliphatic rings. The Morgan fingerprint density at radius 3 is 2.48 bits per heavy atom. The van der Waals surface area contributed by atoms with Crippen LogP contribution in [0, 0.1) is 6.92 Å². The fourth-order valence-electron chi connectivity index (χ4n) is 2.16. The number of primary amides is 1. The van der Waals surface area contributed by atoms with Crippen LogP contribution in [0.1, 0.15) is 43.8 Å².